The van der Waals surface area contributed by atoms with Gasteiger partial charge in [0.25, 0.3) is 5.78 Å². The lowest BCUT2D eigenvalue weighted by Gasteiger charge is -2.20. The van der Waals surface area contributed by atoms with Crippen molar-refractivity contribution < 1.29 is 0 Å². The summed E-state index contributed by atoms with van der Waals surface area (Å²) in [7, 11) is 1.98. The van der Waals surface area contributed by atoms with Gasteiger partial charge in [-0.2, -0.15) is 4.98 Å². The Labute approximate surface area is 159 Å². The second-order valence-electron chi connectivity index (χ2n) is 5.14. The fourth-order valence-electron chi connectivity index (χ4n) is 2.59. The average Bonchev–Trinajstić information content (AvgIpc) is 3.11. The summed E-state index contributed by atoms with van der Waals surface area (Å²) in [6, 6.07) is 13.8. The summed E-state index contributed by atoms with van der Waals surface area (Å²) >= 11 is 9.67. The Bertz CT molecular complexity index is 1030. The molecular formula is C18H17BrClN5. The first-order chi connectivity index (χ1) is 12.1. The molecule has 0 aliphatic rings. The lowest BCUT2D eigenvalue weighted by molar-refractivity contribution is 1.08. The van der Waals surface area contributed by atoms with E-state index in [1.165, 1.54) is 0 Å². The molecule has 25 heavy (non-hydrogen) atoms. The standard InChI is InChI=1S/C16H11BrClN5.C2H6/c1-22(12-4-2-3-10(17)7-12)15-13-6-5-11(18)8-14(13)23-9-19-21-16(23)20-15;1-2/h2-9H,1H3;1-2H3. The third kappa shape index (κ3) is 3.32. The van der Waals surface area contributed by atoms with E-state index in [2.05, 4.69) is 31.1 Å². The first kappa shape index (κ1) is 17.6. The van der Waals surface area contributed by atoms with Crippen molar-refractivity contribution in [2.75, 3.05) is 11.9 Å². The van der Waals surface area contributed by atoms with Crippen LogP contribution >= 0.6 is 27.5 Å². The summed E-state index contributed by atoms with van der Waals surface area (Å²) in [6.07, 6.45) is 1.64. The van der Waals surface area contributed by atoms with Gasteiger partial charge in [-0.15, -0.1) is 10.2 Å². The first-order valence-corrected chi connectivity index (χ1v) is 9.09. The number of halogens is 2. The highest BCUT2D eigenvalue weighted by molar-refractivity contribution is 9.10. The lowest BCUT2D eigenvalue weighted by atomic mass is 10.2. The van der Waals surface area contributed by atoms with Gasteiger partial charge in [-0.05, 0) is 36.4 Å². The molecular weight excluding hydrogens is 402 g/mol. The van der Waals surface area contributed by atoms with Crippen LogP contribution in [0.25, 0.3) is 16.7 Å². The molecule has 2 heterocycles. The van der Waals surface area contributed by atoms with Crippen molar-refractivity contribution >= 4 is 55.7 Å². The van der Waals surface area contributed by atoms with Crippen molar-refractivity contribution in [1.82, 2.24) is 19.6 Å². The van der Waals surface area contributed by atoms with Crippen molar-refractivity contribution in [3.8, 4) is 0 Å². The minimum Gasteiger partial charge on any atom is -0.329 e. The Morgan fingerprint density at radius 3 is 2.68 bits per heavy atom. The van der Waals surface area contributed by atoms with E-state index < -0.39 is 0 Å². The van der Waals surface area contributed by atoms with E-state index >= 15 is 0 Å². The number of benzene rings is 2. The van der Waals surface area contributed by atoms with Crippen LogP contribution in [0.5, 0.6) is 0 Å². The van der Waals surface area contributed by atoms with Crippen molar-refractivity contribution in [3.05, 3.63) is 58.3 Å². The number of rotatable bonds is 2. The number of hydrogen-bond donors (Lipinski definition) is 0. The van der Waals surface area contributed by atoms with Crippen LogP contribution in [0.1, 0.15) is 13.8 Å². The molecule has 128 valence electrons. The predicted octanol–water partition coefficient (Wildman–Crippen LogP) is 5.49. The van der Waals surface area contributed by atoms with Gasteiger partial charge in [-0.25, -0.2) is 0 Å². The fourth-order valence-corrected chi connectivity index (χ4v) is 3.14. The zero-order valence-corrected chi connectivity index (χ0v) is 16.5. The summed E-state index contributed by atoms with van der Waals surface area (Å²) in [5.74, 6) is 1.34. The van der Waals surface area contributed by atoms with Crippen LogP contribution in [0.15, 0.2) is 53.3 Å². The Morgan fingerprint density at radius 1 is 1.12 bits per heavy atom. The molecule has 0 aliphatic heterocycles. The van der Waals surface area contributed by atoms with Gasteiger partial charge in [0, 0.05) is 27.6 Å². The molecule has 0 spiro atoms. The molecule has 2 aromatic carbocycles. The van der Waals surface area contributed by atoms with Gasteiger partial charge in [-0.1, -0.05) is 47.4 Å². The van der Waals surface area contributed by atoms with Gasteiger partial charge in [0.15, 0.2) is 0 Å². The van der Waals surface area contributed by atoms with E-state index in [1.807, 2.05) is 72.7 Å². The highest BCUT2D eigenvalue weighted by Crippen LogP contribution is 2.32. The largest absolute Gasteiger partial charge is 0.329 e. The quantitative estimate of drug-likeness (QED) is 0.432. The Morgan fingerprint density at radius 2 is 1.92 bits per heavy atom. The van der Waals surface area contributed by atoms with E-state index in [9.17, 15) is 0 Å². The highest BCUT2D eigenvalue weighted by Gasteiger charge is 2.14. The van der Waals surface area contributed by atoms with E-state index in [1.54, 1.807) is 6.33 Å². The smallest absolute Gasteiger partial charge is 0.257 e. The van der Waals surface area contributed by atoms with Crippen molar-refractivity contribution in [2.24, 2.45) is 0 Å². The third-order valence-corrected chi connectivity index (χ3v) is 4.44. The zero-order chi connectivity index (χ0) is 18.0. The monoisotopic (exact) mass is 417 g/mol. The maximum atomic E-state index is 6.16. The van der Waals surface area contributed by atoms with Gasteiger partial charge in [0.05, 0.1) is 5.52 Å². The van der Waals surface area contributed by atoms with E-state index in [0.717, 1.165) is 26.9 Å². The van der Waals surface area contributed by atoms with E-state index in [-0.39, 0.29) is 0 Å². The fraction of sp³-hybridized carbons (Fsp3) is 0.167. The summed E-state index contributed by atoms with van der Waals surface area (Å²) in [5, 5.41) is 9.66. The van der Waals surface area contributed by atoms with Crippen LogP contribution in [0.4, 0.5) is 11.5 Å². The number of hydrogen-bond acceptors (Lipinski definition) is 4. The maximum absolute atomic E-state index is 6.16. The minimum atomic E-state index is 0.539. The number of aromatic nitrogens is 4. The zero-order valence-electron chi connectivity index (χ0n) is 14.1. The van der Waals surface area contributed by atoms with Gasteiger partial charge >= 0.3 is 0 Å². The molecule has 7 heteroatoms. The first-order valence-electron chi connectivity index (χ1n) is 7.92. The van der Waals surface area contributed by atoms with Crippen LogP contribution in [0.3, 0.4) is 0 Å². The van der Waals surface area contributed by atoms with Crippen molar-refractivity contribution in [2.45, 2.75) is 13.8 Å². The van der Waals surface area contributed by atoms with Gasteiger partial charge in [0.1, 0.15) is 12.1 Å². The molecule has 4 rings (SSSR count). The molecule has 0 N–H and O–H groups in total. The van der Waals surface area contributed by atoms with Crippen molar-refractivity contribution in [1.29, 1.82) is 0 Å². The molecule has 0 fully saturated rings. The van der Waals surface area contributed by atoms with Crippen LogP contribution in [0.2, 0.25) is 5.02 Å². The van der Waals surface area contributed by atoms with Gasteiger partial charge in [-0.3, -0.25) is 4.40 Å². The van der Waals surface area contributed by atoms with E-state index in [0.29, 0.717) is 10.8 Å². The lowest BCUT2D eigenvalue weighted by Crippen LogP contribution is -2.13. The van der Waals surface area contributed by atoms with Gasteiger partial charge < -0.3 is 4.90 Å². The Balaban J connectivity index is 0.000000880. The molecule has 2 aromatic heterocycles. The second kappa shape index (κ2) is 7.37. The third-order valence-electron chi connectivity index (χ3n) is 3.71. The number of nitrogens with zero attached hydrogens (tertiary/aromatic N) is 5. The van der Waals surface area contributed by atoms with Crippen LogP contribution < -0.4 is 4.90 Å². The molecule has 5 nitrogen and oxygen atoms in total. The minimum absolute atomic E-state index is 0.539. The molecule has 0 bridgehead atoms. The van der Waals surface area contributed by atoms with Crippen LogP contribution in [0, 0.1) is 0 Å². The topological polar surface area (TPSA) is 46.3 Å². The molecule has 0 unspecified atom stereocenters. The maximum Gasteiger partial charge on any atom is 0.257 e. The summed E-state index contributed by atoms with van der Waals surface area (Å²) < 4.78 is 2.84. The highest BCUT2D eigenvalue weighted by atomic mass is 79.9. The average molecular weight is 419 g/mol. The molecule has 0 aliphatic carbocycles. The normalized spacial score (nSPS) is 10.6. The molecule has 0 atom stereocenters. The number of anilines is 2. The Kier molecular flexibility index (Phi) is 5.20. The molecule has 0 saturated carbocycles. The number of fused-ring (bicyclic) bond motifs is 3. The van der Waals surface area contributed by atoms with E-state index in [4.69, 9.17) is 11.6 Å². The summed E-state index contributed by atoms with van der Waals surface area (Å²) in [4.78, 5) is 6.68. The van der Waals surface area contributed by atoms with Gasteiger partial charge in [0.2, 0.25) is 0 Å². The SMILES string of the molecule is CC.CN(c1cccc(Br)c1)c1nc2nncn2c2cc(Cl)ccc12. The molecule has 0 radical (unpaired) electrons. The predicted molar refractivity (Wildman–Crippen MR) is 107 cm³/mol. The summed E-state index contributed by atoms with van der Waals surface area (Å²) in [5.41, 5.74) is 1.94. The Hall–Kier alpha value is -2.18. The van der Waals surface area contributed by atoms with Crippen LogP contribution in [-0.4, -0.2) is 26.6 Å². The molecule has 0 amide bonds. The van der Waals surface area contributed by atoms with Crippen molar-refractivity contribution in [3.63, 3.8) is 0 Å². The summed E-state index contributed by atoms with van der Waals surface area (Å²) in [6.45, 7) is 4.00. The van der Waals surface area contributed by atoms with Crippen LogP contribution in [-0.2, 0) is 0 Å². The second-order valence-corrected chi connectivity index (χ2v) is 6.49. The molecule has 4 aromatic rings. The molecule has 0 saturated heterocycles.